The van der Waals surface area contributed by atoms with Gasteiger partial charge in [0.2, 0.25) is 11.1 Å². The largest absolute Gasteiger partial charge is 0.493 e. The summed E-state index contributed by atoms with van der Waals surface area (Å²) in [6.07, 6.45) is 0. The maximum Gasteiger partial charge on any atom is 0.430 e. The van der Waals surface area contributed by atoms with E-state index in [1.54, 1.807) is 6.07 Å². The van der Waals surface area contributed by atoms with Crippen molar-refractivity contribution in [3.05, 3.63) is 17.1 Å². The summed E-state index contributed by atoms with van der Waals surface area (Å²) in [4.78, 5) is 3.06. The third kappa shape index (κ3) is 1.69. The highest BCUT2D eigenvalue weighted by molar-refractivity contribution is 5.64. The molecule has 0 spiro atoms. The Labute approximate surface area is 81.8 Å². The quantitative estimate of drug-likeness (QED) is 0.694. The molecule has 1 rings (SSSR count). The highest BCUT2D eigenvalue weighted by Gasteiger charge is 2.20. The molecule has 5 nitrogen and oxygen atoms in total. The van der Waals surface area contributed by atoms with Crippen molar-refractivity contribution in [1.82, 2.24) is 0 Å². The zero-order valence-electron chi connectivity index (χ0n) is 8.27. The van der Waals surface area contributed by atoms with Gasteiger partial charge >= 0.3 is 5.69 Å². The van der Waals surface area contributed by atoms with E-state index in [0.717, 1.165) is 0 Å². The van der Waals surface area contributed by atoms with Crippen molar-refractivity contribution in [2.45, 2.75) is 0 Å². The second-order valence-electron chi connectivity index (χ2n) is 2.48. The molecule has 5 heteroatoms. The Balaban J connectivity index is 3.30. The molecule has 0 aromatic heterocycles. The fourth-order valence-corrected chi connectivity index (χ4v) is 1.09. The van der Waals surface area contributed by atoms with Crippen LogP contribution in [-0.4, -0.2) is 21.3 Å². The van der Waals surface area contributed by atoms with Gasteiger partial charge in [-0.25, -0.2) is 0 Å². The van der Waals surface area contributed by atoms with E-state index in [1.165, 1.54) is 27.4 Å². The molecule has 0 saturated heterocycles. The van der Waals surface area contributed by atoms with Crippen molar-refractivity contribution in [3.8, 4) is 17.2 Å². The fraction of sp³-hybridized carbons (Fsp3) is 0.333. The smallest absolute Gasteiger partial charge is 0.430 e. The number of nitrogens with zero attached hydrogens (tertiary/aromatic N) is 2. The van der Waals surface area contributed by atoms with Gasteiger partial charge in [-0.05, 0) is 0 Å². The minimum atomic E-state index is 0.296. The van der Waals surface area contributed by atoms with Crippen molar-refractivity contribution in [2.75, 3.05) is 21.3 Å². The van der Waals surface area contributed by atoms with Crippen molar-refractivity contribution in [1.29, 1.82) is 5.39 Å². The van der Waals surface area contributed by atoms with Gasteiger partial charge in [0.25, 0.3) is 0 Å². The van der Waals surface area contributed by atoms with Gasteiger partial charge in [0.1, 0.15) is 0 Å². The monoisotopic (exact) mass is 195 g/mol. The van der Waals surface area contributed by atoms with Crippen LogP contribution in [0, 0.1) is 5.39 Å². The lowest BCUT2D eigenvalue weighted by atomic mass is 10.2. The van der Waals surface area contributed by atoms with Gasteiger partial charge in [0.05, 0.1) is 27.4 Å². The van der Waals surface area contributed by atoms with Crippen LogP contribution in [-0.2, 0) is 0 Å². The van der Waals surface area contributed by atoms with E-state index in [4.69, 9.17) is 19.6 Å². The molecular formula is C9H11N2O3+. The molecule has 74 valence electrons. The lowest BCUT2D eigenvalue weighted by molar-refractivity contribution is 0.350. The Morgan fingerprint density at radius 1 is 0.929 bits per heavy atom. The molecule has 14 heavy (non-hydrogen) atoms. The molecule has 0 amide bonds. The fourth-order valence-electron chi connectivity index (χ4n) is 1.09. The first-order valence-electron chi connectivity index (χ1n) is 3.92. The highest BCUT2D eigenvalue weighted by atomic mass is 16.5. The Hall–Kier alpha value is -1.96. The third-order valence-electron chi connectivity index (χ3n) is 1.79. The highest BCUT2D eigenvalue weighted by Crippen LogP contribution is 2.39. The second kappa shape index (κ2) is 4.33. The van der Waals surface area contributed by atoms with Gasteiger partial charge in [-0.2, -0.15) is 0 Å². The van der Waals surface area contributed by atoms with E-state index >= 15 is 0 Å². The minimum Gasteiger partial charge on any atom is -0.493 e. The van der Waals surface area contributed by atoms with Crippen LogP contribution in [0.1, 0.15) is 0 Å². The number of hydrogen-bond donors (Lipinski definition) is 0. The summed E-state index contributed by atoms with van der Waals surface area (Å²) in [6.45, 7) is 0. The van der Waals surface area contributed by atoms with E-state index in [9.17, 15) is 0 Å². The zero-order valence-corrected chi connectivity index (χ0v) is 8.27. The van der Waals surface area contributed by atoms with Crippen LogP contribution in [0.3, 0.4) is 0 Å². The molecule has 1 aromatic carbocycles. The Bertz CT molecular complexity index is 371. The molecule has 0 aliphatic rings. The van der Waals surface area contributed by atoms with Crippen molar-refractivity contribution >= 4 is 5.69 Å². The summed E-state index contributed by atoms with van der Waals surface area (Å²) >= 11 is 0. The average Bonchev–Trinajstić information content (AvgIpc) is 2.26. The standard InChI is InChI=1S/C9H11N2O3/c1-12-7-5-9(14-3)8(13-2)4-6(7)11-10/h4-5H,1-3H3/q+1. The summed E-state index contributed by atoms with van der Waals surface area (Å²) in [6, 6.07) is 3.12. The zero-order chi connectivity index (χ0) is 10.6. The van der Waals surface area contributed by atoms with Crippen LogP contribution < -0.4 is 14.2 Å². The van der Waals surface area contributed by atoms with E-state index in [1.807, 2.05) is 0 Å². The molecular weight excluding hydrogens is 184 g/mol. The van der Waals surface area contributed by atoms with Crippen LogP contribution in [0.4, 0.5) is 5.69 Å². The van der Waals surface area contributed by atoms with Gasteiger partial charge in [0.15, 0.2) is 16.5 Å². The molecule has 0 atom stereocenters. The van der Waals surface area contributed by atoms with Gasteiger partial charge in [0, 0.05) is 6.07 Å². The molecule has 0 aliphatic heterocycles. The van der Waals surface area contributed by atoms with E-state index in [0.29, 0.717) is 22.9 Å². The first-order chi connectivity index (χ1) is 6.76. The molecule has 0 unspecified atom stereocenters. The molecule has 0 radical (unpaired) electrons. The Morgan fingerprint density at radius 3 is 1.86 bits per heavy atom. The third-order valence-corrected chi connectivity index (χ3v) is 1.79. The molecule has 0 aliphatic carbocycles. The average molecular weight is 195 g/mol. The van der Waals surface area contributed by atoms with Crippen LogP contribution in [0.5, 0.6) is 17.2 Å². The maximum atomic E-state index is 8.68. The molecule has 0 fully saturated rings. The van der Waals surface area contributed by atoms with Crippen molar-refractivity contribution in [2.24, 2.45) is 0 Å². The van der Waals surface area contributed by atoms with Gasteiger partial charge in [-0.15, -0.1) is 0 Å². The van der Waals surface area contributed by atoms with Gasteiger partial charge in [-0.3, -0.25) is 0 Å². The first kappa shape index (κ1) is 10.1. The van der Waals surface area contributed by atoms with E-state index in [2.05, 4.69) is 4.98 Å². The summed E-state index contributed by atoms with van der Waals surface area (Å²) in [5, 5.41) is 8.68. The van der Waals surface area contributed by atoms with Gasteiger partial charge < -0.3 is 14.2 Å². The summed E-state index contributed by atoms with van der Waals surface area (Å²) in [5.74, 6) is 1.43. The number of ether oxygens (including phenoxy) is 3. The molecule has 0 N–H and O–H groups in total. The summed E-state index contributed by atoms with van der Waals surface area (Å²) < 4.78 is 15.1. The number of rotatable bonds is 3. The maximum absolute atomic E-state index is 8.68. The molecule has 0 saturated carbocycles. The van der Waals surface area contributed by atoms with Crippen LogP contribution >= 0.6 is 0 Å². The topological polar surface area (TPSA) is 55.8 Å². The van der Waals surface area contributed by atoms with E-state index < -0.39 is 0 Å². The minimum absolute atomic E-state index is 0.296. The Morgan fingerprint density at radius 2 is 1.43 bits per heavy atom. The number of benzene rings is 1. The SMILES string of the molecule is COc1cc(OC)c(OC)cc1[N+]#N. The van der Waals surface area contributed by atoms with Crippen LogP contribution in [0.15, 0.2) is 12.1 Å². The number of diazo groups is 1. The van der Waals surface area contributed by atoms with E-state index in [-0.39, 0.29) is 0 Å². The predicted molar refractivity (Wildman–Crippen MR) is 50.8 cm³/mol. The molecule has 1 aromatic rings. The van der Waals surface area contributed by atoms with Crippen LogP contribution in [0.2, 0.25) is 0 Å². The molecule has 0 bridgehead atoms. The van der Waals surface area contributed by atoms with Crippen molar-refractivity contribution in [3.63, 3.8) is 0 Å². The number of hydrogen-bond acceptors (Lipinski definition) is 4. The predicted octanol–water partition coefficient (Wildman–Crippen LogP) is 2.20. The lowest BCUT2D eigenvalue weighted by Gasteiger charge is -2.06. The van der Waals surface area contributed by atoms with Crippen molar-refractivity contribution < 1.29 is 14.2 Å². The lowest BCUT2D eigenvalue weighted by Crippen LogP contribution is -1.92. The summed E-state index contributed by atoms with van der Waals surface area (Å²) in [5.41, 5.74) is 0.296. The Kier molecular flexibility index (Phi) is 3.13. The second-order valence-corrected chi connectivity index (χ2v) is 2.48. The summed E-state index contributed by atoms with van der Waals surface area (Å²) in [7, 11) is 4.51. The molecule has 0 heterocycles. The van der Waals surface area contributed by atoms with Gasteiger partial charge in [-0.1, -0.05) is 0 Å². The normalized spacial score (nSPS) is 9.00. The number of methoxy groups -OCH3 is 3. The first-order valence-corrected chi connectivity index (χ1v) is 3.92. The van der Waals surface area contributed by atoms with Crippen LogP contribution in [0.25, 0.3) is 4.98 Å².